The lowest BCUT2D eigenvalue weighted by Gasteiger charge is -2.17. The molecule has 152 valence electrons. The molecule has 0 aliphatic heterocycles. The monoisotopic (exact) mass is 407 g/mol. The second-order valence-corrected chi connectivity index (χ2v) is 6.30. The Balaban J connectivity index is 2.01. The van der Waals surface area contributed by atoms with Gasteiger partial charge in [-0.05, 0) is 32.9 Å². The van der Waals surface area contributed by atoms with Crippen molar-refractivity contribution in [3.8, 4) is 5.69 Å². The average Bonchev–Trinajstić information content (AvgIpc) is 3.07. The standard InChI is InChI=1S/C18H16F3N5O3/c1-9-8-14(27)15(16(28)22-10(2)17-23-11(3)25-29-17)24-26(9)13-7-5-4-6-12(13)18(19,20)21/h4-8,10H,1-3H3,(H,22,28). The number of para-hydroxylation sites is 1. The molecular formula is C18H16F3N5O3. The van der Waals surface area contributed by atoms with E-state index in [9.17, 15) is 22.8 Å². The van der Waals surface area contributed by atoms with Crippen LogP contribution in [0.25, 0.3) is 5.69 Å². The molecule has 1 amide bonds. The predicted molar refractivity (Wildman–Crippen MR) is 94.5 cm³/mol. The van der Waals surface area contributed by atoms with E-state index < -0.39 is 34.8 Å². The van der Waals surface area contributed by atoms with Crippen LogP contribution in [-0.2, 0) is 6.18 Å². The lowest BCUT2D eigenvalue weighted by Crippen LogP contribution is -2.34. The molecule has 3 rings (SSSR count). The summed E-state index contributed by atoms with van der Waals surface area (Å²) in [5, 5.41) is 9.98. The number of halogens is 3. The van der Waals surface area contributed by atoms with Crippen LogP contribution in [0, 0.1) is 13.8 Å². The number of carbonyl (C=O) groups excluding carboxylic acids is 1. The normalized spacial score (nSPS) is 12.6. The zero-order valence-corrected chi connectivity index (χ0v) is 15.6. The van der Waals surface area contributed by atoms with Crippen molar-refractivity contribution in [1.82, 2.24) is 25.2 Å². The summed E-state index contributed by atoms with van der Waals surface area (Å²) in [6.45, 7) is 4.57. The highest BCUT2D eigenvalue weighted by molar-refractivity contribution is 5.92. The summed E-state index contributed by atoms with van der Waals surface area (Å²) >= 11 is 0. The third kappa shape index (κ3) is 4.18. The van der Waals surface area contributed by atoms with E-state index in [-0.39, 0.29) is 17.3 Å². The fourth-order valence-electron chi connectivity index (χ4n) is 2.66. The zero-order chi connectivity index (χ0) is 21.3. The second kappa shape index (κ2) is 7.49. The molecule has 1 N–H and O–H groups in total. The Morgan fingerprint density at radius 2 is 1.93 bits per heavy atom. The van der Waals surface area contributed by atoms with Gasteiger partial charge in [0.05, 0.1) is 11.3 Å². The first-order valence-electron chi connectivity index (χ1n) is 8.46. The fourth-order valence-corrected chi connectivity index (χ4v) is 2.66. The van der Waals surface area contributed by atoms with Crippen LogP contribution in [0.15, 0.2) is 39.6 Å². The van der Waals surface area contributed by atoms with Gasteiger partial charge in [-0.25, -0.2) is 4.68 Å². The maximum atomic E-state index is 13.4. The lowest BCUT2D eigenvalue weighted by molar-refractivity contribution is -0.137. The maximum absolute atomic E-state index is 13.4. The van der Waals surface area contributed by atoms with Gasteiger partial charge in [-0.2, -0.15) is 23.3 Å². The van der Waals surface area contributed by atoms with Gasteiger partial charge in [-0.3, -0.25) is 9.59 Å². The van der Waals surface area contributed by atoms with Gasteiger partial charge in [0.25, 0.3) is 5.91 Å². The van der Waals surface area contributed by atoms with Crippen molar-refractivity contribution in [3.63, 3.8) is 0 Å². The number of amides is 1. The number of nitrogens with zero attached hydrogens (tertiary/aromatic N) is 4. The number of rotatable bonds is 4. The Hall–Kier alpha value is -3.50. The molecular weight excluding hydrogens is 391 g/mol. The molecule has 29 heavy (non-hydrogen) atoms. The SMILES string of the molecule is Cc1noc(C(C)NC(=O)c2nn(-c3ccccc3C(F)(F)F)c(C)cc2=O)n1. The molecule has 0 saturated carbocycles. The third-order valence-corrected chi connectivity index (χ3v) is 4.02. The first kappa shape index (κ1) is 20.2. The first-order chi connectivity index (χ1) is 13.6. The van der Waals surface area contributed by atoms with E-state index in [1.807, 2.05) is 0 Å². The smallest absolute Gasteiger partial charge is 0.339 e. The molecule has 1 unspecified atom stereocenters. The summed E-state index contributed by atoms with van der Waals surface area (Å²) in [6, 6.07) is 5.07. The molecule has 8 nitrogen and oxygen atoms in total. The topological polar surface area (TPSA) is 103 Å². The van der Waals surface area contributed by atoms with E-state index in [1.54, 1.807) is 13.8 Å². The summed E-state index contributed by atoms with van der Waals surface area (Å²) < 4.78 is 46.0. The van der Waals surface area contributed by atoms with Crippen molar-refractivity contribution >= 4 is 5.91 Å². The lowest BCUT2D eigenvalue weighted by atomic mass is 10.1. The van der Waals surface area contributed by atoms with Gasteiger partial charge >= 0.3 is 6.18 Å². The van der Waals surface area contributed by atoms with Crippen LogP contribution >= 0.6 is 0 Å². The number of aryl methyl sites for hydroxylation is 2. The van der Waals surface area contributed by atoms with E-state index in [1.165, 1.54) is 25.1 Å². The van der Waals surface area contributed by atoms with Crippen LogP contribution in [-0.4, -0.2) is 25.8 Å². The quantitative estimate of drug-likeness (QED) is 0.713. The van der Waals surface area contributed by atoms with E-state index in [4.69, 9.17) is 4.52 Å². The predicted octanol–water partition coefficient (Wildman–Crippen LogP) is 2.74. The summed E-state index contributed by atoms with van der Waals surface area (Å²) in [4.78, 5) is 28.8. The third-order valence-electron chi connectivity index (χ3n) is 4.02. The Labute approximate surface area is 162 Å². The summed E-state index contributed by atoms with van der Waals surface area (Å²) in [7, 11) is 0. The summed E-state index contributed by atoms with van der Waals surface area (Å²) in [5.41, 5.74) is -2.39. The number of hydrogen-bond acceptors (Lipinski definition) is 6. The van der Waals surface area contributed by atoms with Gasteiger partial charge in [0, 0.05) is 11.8 Å². The number of aromatic nitrogens is 4. The van der Waals surface area contributed by atoms with Crippen molar-refractivity contribution < 1.29 is 22.5 Å². The van der Waals surface area contributed by atoms with Crippen molar-refractivity contribution in [2.75, 3.05) is 0 Å². The van der Waals surface area contributed by atoms with E-state index >= 15 is 0 Å². The fraction of sp³-hybridized carbons (Fsp3) is 0.278. The van der Waals surface area contributed by atoms with Gasteiger partial charge in [0.2, 0.25) is 11.3 Å². The second-order valence-electron chi connectivity index (χ2n) is 6.30. The molecule has 0 aliphatic rings. The molecule has 0 spiro atoms. The minimum Gasteiger partial charge on any atom is -0.339 e. The van der Waals surface area contributed by atoms with Gasteiger partial charge in [0.15, 0.2) is 11.5 Å². The molecule has 0 aliphatic carbocycles. The maximum Gasteiger partial charge on any atom is 0.418 e. The van der Waals surface area contributed by atoms with Crippen LogP contribution in [0.1, 0.15) is 46.4 Å². The number of benzene rings is 1. The molecule has 1 aromatic carbocycles. The molecule has 2 aromatic heterocycles. The van der Waals surface area contributed by atoms with Crippen molar-refractivity contribution in [3.05, 3.63) is 69.2 Å². The number of carbonyl (C=O) groups is 1. The Morgan fingerprint density at radius 1 is 1.24 bits per heavy atom. The molecule has 0 fully saturated rings. The first-order valence-corrected chi connectivity index (χ1v) is 8.46. The van der Waals surface area contributed by atoms with Crippen LogP contribution < -0.4 is 10.7 Å². The van der Waals surface area contributed by atoms with E-state index in [2.05, 4.69) is 20.6 Å². The van der Waals surface area contributed by atoms with Gasteiger partial charge < -0.3 is 9.84 Å². The molecule has 0 radical (unpaired) electrons. The molecule has 0 bridgehead atoms. The molecule has 0 saturated heterocycles. The van der Waals surface area contributed by atoms with Crippen molar-refractivity contribution in [2.24, 2.45) is 0 Å². The summed E-state index contributed by atoms with van der Waals surface area (Å²) in [6.07, 6.45) is -4.64. The minimum absolute atomic E-state index is 0.116. The highest BCUT2D eigenvalue weighted by Crippen LogP contribution is 2.33. The van der Waals surface area contributed by atoms with Crippen molar-refractivity contribution in [2.45, 2.75) is 33.0 Å². The molecule has 1 atom stereocenters. The van der Waals surface area contributed by atoms with Gasteiger partial charge in [-0.1, -0.05) is 17.3 Å². The molecule has 11 heteroatoms. The molecule has 3 aromatic rings. The largest absolute Gasteiger partial charge is 0.418 e. The molecule has 2 heterocycles. The van der Waals surface area contributed by atoms with Crippen LogP contribution in [0.4, 0.5) is 13.2 Å². The van der Waals surface area contributed by atoms with E-state index in [0.29, 0.717) is 5.82 Å². The van der Waals surface area contributed by atoms with Crippen LogP contribution in [0.3, 0.4) is 0 Å². The number of nitrogens with one attached hydrogen (secondary N) is 1. The minimum atomic E-state index is -4.64. The highest BCUT2D eigenvalue weighted by Gasteiger charge is 2.34. The van der Waals surface area contributed by atoms with Crippen LogP contribution in [0.5, 0.6) is 0 Å². The Morgan fingerprint density at radius 3 is 2.55 bits per heavy atom. The van der Waals surface area contributed by atoms with Gasteiger partial charge in [0.1, 0.15) is 6.04 Å². The summed E-state index contributed by atoms with van der Waals surface area (Å²) in [5.74, 6) is -0.400. The number of alkyl halides is 3. The van der Waals surface area contributed by atoms with E-state index in [0.717, 1.165) is 16.8 Å². The number of hydrogen-bond donors (Lipinski definition) is 1. The average molecular weight is 407 g/mol. The van der Waals surface area contributed by atoms with Gasteiger partial charge in [-0.15, -0.1) is 0 Å². The van der Waals surface area contributed by atoms with Crippen LogP contribution in [0.2, 0.25) is 0 Å². The Bertz CT molecular complexity index is 1120. The zero-order valence-electron chi connectivity index (χ0n) is 15.6. The Kier molecular flexibility index (Phi) is 5.23. The van der Waals surface area contributed by atoms with Crippen molar-refractivity contribution in [1.29, 1.82) is 0 Å². The highest BCUT2D eigenvalue weighted by atomic mass is 19.4.